The Bertz CT molecular complexity index is 491. The first-order chi connectivity index (χ1) is 7.51. The molecule has 0 atom stereocenters. The molecule has 2 heterocycles. The van der Waals surface area contributed by atoms with Crippen LogP contribution in [-0.4, -0.2) is 27.3 Å². The van der Waals surface area contributed by atoms with Crippen molar-refractivity contribution in [3.63, 3.8) is 0 Å². The average Bonchev–Trinajstić information content (AvgIpc) is 2.71. The predicted octanol–water partition coefficient (Wildman–Crippen LogP) is 1.83. The van der Waals surface area contributed by atoms with Crippen LogP contribution in [0.1, 0.15) is 5.69 Å². The highest BCUT2D eigenvalue weighted by Crippen LogP contribution is 2.25. The number of fused-ring (bicyclic) bond motifs is 1. The van der Waals surface area contributed by atoms with Crippen LogP contribution in [0.25, 0.3) is 4.96 Å². The average molecular weight is 252 g/mol. The molecule has 2 aromatic rings. The Morgan fingerprint density at radius 3 is 2.88 bits per heavy atom. The molecule has 0 spiro atoms. The van der Waals surface area contributed by atoms with Crippen LogP contribution in [0.15, 0.2) is 11.6 Å². The number of imidazole rings is 1. The minimum Gasteiger partial charge on any atom is -0.467 e. The van der Waals surface area contributed by atoms with Gasteiger partial charge in [-0.05, 0) is 0 Å². The van der Waals surface area contributed by atoms with E-state index in [0.717, 1.165) is 0 Å². The van der Waals surface area contributed by atoms with E-state index in [1.165, 1.54) is 15.7 Å². The molecule has 0 amide bonds. The largest absolute Gasteiger partial charge is 0.467 e. The standard InChI is InChI=1S/C8H7F3N2O2S/c9-8(10,11)4-15-6-5(3-14)13-1-2-16-7(13)12-6/h1-2,14H,3-4H2. The summed E-state index contributed by atoms with van der Waals surface area (Å²) in [6.07, 6.45) is -2.80. The van der Waals surface area contributed by atoms with Gasteiger partial charge < -0.3 is 9.84 Å². The molecule has 0 unspecified atom stereocenters. The van der Waals surface area contributed by atoms with Gasteiger partial charge >= 0.3 is 6.18 Å². The summed E-state index contributed by atoms with van der Waals surface area (Å²) < 4.78 is 41.8. The molecule has 1 N–H and O–H groups in total. The van der Waals surface area contributed by atoms with Gasteiger partial charge in [-0.25, -0.2) is 0 Å². The molecule has 0 aliphatic rings. The number of aromatic nitrogens is 2. The van der Waals surface area contributed by atoms with E-state index in [1.54, 1.807) is 11.6 Å². The van der Waals surface area contributed by atoms with Crippen LogP contribution < -0.4 is 4.74 Å². The third kappa shape index (κ3) is 2.12. The smallest absolute Gasteiger partial charge is 0.422 e. The van der Waals surface area contributed by atoms with Crippen LogP contribution >= 0.6 is 11.3 Å². The first-order valence-corrected chi connectivity index (χ1v) is 5.14. The second kappa shape index (κ2) is 3.95. The van der Waals surface area contributed by atoms with Gasteiger partial charge in [0.25, 0.3) is 0 Å². The highest BCUT2D eigenvalue weighted by molar-refractivity contribution is 7.15. The summed E-state index contributed by atoms with van der Waals surface area (Å²) in [6, 6.07) is 0. The summed E-state index contributed by atoms with van der Waals surface area (Å²) in [7, 11) is 0. The molecule has 88 valence electrons. The molecule has 0 aliphatic carbocycles. The van der Waals surface area contributed by atoms with Gasteiger partial charge in [0.1, 0.15) is 5.69 Å². The molecule has 2 aromatic heterocycles. The Balaban J connectivity index is 2.26. The first-order valence-electron chi connectivity index (χ1n) is 4.26. The van der Waals surface area contributed by atoms with Crippen molar-refractivity contribution >= 4 is 16.3 Å². The Morgan fingerprint density at radius 2 is 2.25 bits per heavy atom. The number of ether oxygens (including phenoxy) is 1. The van der Waals surface area contributed by atoms with Gasteiger partial charge in [0.15, 0.2) is 11.6 Å². The normalized spacial score (nSPS) is 12.2. The van der Waals surface area contributed by atoms with Gasteiger partial charge in [0, 0.05) is 11.6 Å². The van der Waals surface area contributed by atoms with E-state index in [0.29, 0.717) is 4.96 Å². The molecule has 4 nitrogen and oxygen atoms in total. The van der Waals surface area contributed by atoms with Crippen LogP contribution in [0.4, 0.5) is 13.2 Å². The van der Waals surface area contributed by atoms with Gasteiger partial charge in [0.05, 0.1) is 6.61 Å². The molecular formula is C8H7F3N2O2S. The summed E-state index contributed by atoms with van der Waals surface area (Å²) in [5, 5.41) is 10.8. The number of hydrogen-bond acceptors (Lipinski definition) is 4. The van der Waals surface area contributed by atoms with Gasteiger partial charge in [0.2, 0.25) is 5.88 Å². The van der Waals surface area contributed by atoms with Crippen LogP contribution in [0.2, 0.25) is 0 Å². The maximum absolute atomic E-state index is 11.9. The number of aliphatic hydroxyl groups excluding tert-OH is 1. The molecule has 16 heavy (non-hydrogen) atoms. The van der Waals surface area contributed by atoms with Crippen molar-refractivity contribution in [3.8, 4) is 5.88 Å². The molecule has 0 saturated heterocycles. The lowest BCUT2D eigenvalue weighted by atomic mass is 10.5. The summed E-state index contributed by atoms with van der Waals surface area (Å²) >= 11 is 1.25. The Kier molecular flexibility index (Phi) is 2.76. The number of rotatable bonds is 3. The number of alkyl halides is 3. The third-order valence-corrected chi connectivity index (χ3v) is 2.60. The molecule has 0 fully saturated rings. The Morgan fingerprint density at radius 1 is 1.50 bits per heavy atom. The summed E-state index contributed by atoms with van der Waals surface area (Å²) in [5.74, 6) is -0.174. The van der Waals surface area contributed by atoms with Gasteiger partial charge in [-0.15, -0.1) is 11.3 Å². The second-order valence-electron chi connectivity index (χ2n) is 2.98. The zero-order chi connectivity index (χ0) is 11.8. The fraction of sp³-hybridized carbons (Fsp3) is 0.375. The van der Waals surface area contributed by atoms with E-state index in [2.05, 4.69) is 9.72 Å². The van der Waals surface area contributed by atoms with Crippen molar-refractivity contribution < 1.29 is 23.0 Å². The molecule has 0 aromatic carbocycles. The van der Waals surface area contributed by atoms with Gasteiger partial charge in [-0.3, -0.25) is 4.40 Å². The molecule has 0 bridgehead atoms. The molecule has 8 heteroatoms. The van der Waals surface area contributed by atoms with E-state index in [4.69, 9.17) is 5.11 Å². The van der Waals surface area contributed by atoms with E-state index >= 15 is 0 Å². The van der Waals surface area contributed by atoms with Gasteiger partial charge in [-0.1, -0.05) is 0 Å². The van der Waals surface area contributed by atoms with E-state index < -0.39 is 19.4 Å². The number of aliphatic hydroxyl groups is 1. The van der Waals surface area contributed by atoms with Crippen molar-refractivity contribution in [3.05, 3.63) is 17.3 Å². The van der Waals surface area contributed by atoms with E-state index in [1.807, 2.05) is 0 Å². The second-order valence-corrected chi connectivity index (χ2v) is 3.85. The fourth-order valence-electron chi connectivity index (χ4n) is 1.22. The maximum Gasteiger partial charge on any atom is 0.422 e. The number of hydrogen-bond donors (Lipinski definition) is 1. The van der Waals surface area contributed by atoms with Crippen molar-refractivity contribution in [2.45, 2.75) is 12.8 Å². The molecule has 0 radical (unpaired) electrons. The number of nitrogens with zero attached hydrogens (tertiary/aromatic N) is 2. The first kappa shape index (κ1) is 11.2. The lowest BCUT2D eigenvalue weighted by Crippen LogP contribution is -2.19. The molecular weight excluding hydrogens is 245 g/mol. The minimum atomic E-state index is -4.41. The van der Waals surface area contributed by atoms with E-state index in [-0.39, 0.29) is 11.6 Å². The molecule has 0 saturated carbocycles. The van der Waals surface area contributed by atoms with Crippen LogP contribution in [0.3, 0.4) is 0 Å². The van der Waals surface area contributed by atoms with Crippen molar-refractivity contribution in [2.24, 2.45) is 0 Å². The minimum absolute atomic E-state index is 0.174. The quantitative estimate of drug-likeness (QED) is 0.906. The van der Waals surface area contributed by atoms with Crippen molar-refractivity contribution in [1.82, 2.24) is 9.38 Å². The lowest BCUT2D eigenvalue weighted by Gasteiger charge is -2.07. The van der Waals surface area contributed by atoms with Crippen LogP contribution in [0.5, 0.6) is 5.88 Å². The van der Waals surface area contributed by atoms with E-state index in [9.17, 15) is 13.2 Å². The van der Waals surface area contributed by atoms with Gasteiger partial charge in [-0.2, -0.15) is 18.2 Å². The fourth-order valence-corrected chi connectivity index (χ4v) is 1.95. The summed E-state index contributed by atoms with van der Waals surface area (Å²) in [5.41, 5.74) is 0.223. The summed E-state index contributed by atoms with van der Waals surface area (Å²) in [4.78, 5) is 4.33. The zero-order valence-corrected chi connectivity index (χ0v) is 8.68. The zero-order valence-electron chi connectivity index (χ0n) is 7.86. The topological polar surface area (TPSA) is 46.8 Å². The SMILES string of the molecule is OCc1c(OCC(F)(F)F)nc2sccn12. The third-order valence-electron chi connectivity index (χ3n) is 1.85. The molecule has 2 rings (SSSR count). The monoisotopic (exact) mass is 252 g/mol. The highest BCUT2D eigenvalue weighted by Gasteiger charge is 2.29. The highest BCUT2D eigenvalue weighted by atomic mass is 32.1. The summed E-state index contributed by atoms with van der Waals surface area (Å²) in [6.45, 7) is -1.84. The maximum atomic E-state index is 11.9. The van der Waals surface area contributed by atoms with Crippen LogP contribution in [0, 0.1) is 0 Å². The predicted molar refractivity (Wildman–Crippen MR) is 50.5 cm³/mol. The van der Waals surface area contributed by atoms with Crippen molar-refractivity contribution in [2.75, 3.05) is 6.61 Å². The van der Waals surface area contributed by atoms with Crippen molar-refractivity contribution in [1.29, 1.82) is 0 Å². The Hall–Kier alpha value is -1.28. The van der Waals surface area contributed by atoms with Crippen LogP contribution in [-0.2, 0) is 6.61 Å². The Labute approximate surface area is 91.9 Å². The number of halogens is 3. The lowest BCUT2D eigenvalue weighted by molar-refractivity contribution is -0.154. The number of thiazole rings is 1. The molecule has 0 aliphatic heterocycles.